The molecule has 3 heteroatoms. The predicted molar refractivity (Wildman–Crippen MR) is 33.7 cm³/mol. The third kappa shape index (κ3) is 7.38. The summed E-state index contributed by atoms with van der Waals surface area (Å²) >= 11 is 0. The van der Waals surface area contributed by atoms with Gasteiger partial charge in [0.15, 0.2) is 0 Å². The van der Waals surface area contributed by atoms with Crippen LogP contribution >= 0.6 is 0 Å². The molecule has 0 amide bonds. The van der Waals surface area contributed by atoms with E-state index in [1.807, 2.05) is 6.07 Å². The van der Waals surface area contributed by atoms with E-state index in [0.29, 0.717) is 13.0 Å². The SMILES string of the molecule is N#CCNCCCCF. The summed E-state index contributed by atoms with van der Waals surface area (Å²) in [5, 5.41) is 10.9. The number of unbranched alkanes of at least 4 members (excludes halogenated alkanes) is 1. The Kier molecular flexibility index (Phi) is 6.87. The second kappa shape index (κ2) is 7.38. The van der Waals surface area contributed by atoms with Crippen molar-refractivity contribution < 1.29 is 4.39 Å². The average molecular weight is 130 g/mol. The maximum Gasteiger partial charge on any atom is 0.0894 e. The lowest BCUT2D eigenvalue weighted by molar-refractivity contribution is 0.457. The van der Waals surface area contributed by atoms with E-state index in [4.69, 9.17) is 5.26 Å². The van der Waals surface area contributed by atoms with Gasteiger partial charge in [0.25, 0.3) is 0 Å². The molecule has 0 radical (unpaired) electrons. The van der Waals surface area contributed by atoms with Gasteiger partial charge in [0.05, 0.1) is 19.3 Å². The van der Waals surface area contributed by atoms with Gasteiger partial charge in [0, 0.05) is 0 Å². The highest BCUT2D eigenvalue weighted by molar-refractivity contribution is 4.72. The summed E-state index contributed by atoms with van der Waals surface area (Å²) < 4.78 is 11.4. The van der Waals surface area contributed by atoms with Crippen molar-refractivity contribution in [1.82, 2.24) is 5.32 Å². The van der Waals surface area contributed by atoms with Crippen LogP contribution in [0.5, 0.6) is 0 Å². The average Bonchev–Trinajstić information content (AvgIpc) is 1.89. The van der Waals surface area contributed by atoms with E-state index in [0.717, 1.165) is 13.0 Å². The van der Waals surface area contributed by atoms with Crippen molar-refractivity contribution in [2.75, 3.05) is 19.8 Å². The lowest BCUT2D eigenvalue weighted by Gasteiger charge is -1.95. The molecule has 0 aromatic rings. The van der Waals surface area contributed by atoms with Crippen molar-refractivity contribution in [1.29, 1.82) is 5.26 Å². The Morgan fingerprint density at radius 1 is 1.44 bits per heavy atom. The maximum absolute atomic E-state index is 11.4. The standard InChI is InChI=1S/C6H11FN2/c7-3-1-2-5-9-6-4-8/h9H,1-3,5-6H2. The molecule has 0 atom stereocenters. The van der Waals surface area contributed by atoms with Crippen LogP contribution in [-0.2, 0) is 0 Å². The summed E-state index contributed by atoms with van der Waals surface area (Å²) in [6, 6.07) is 1.94. The van der Waals surface area contributed by atoms with Gasteiger partial charge in [-0.1, -0.05) is 0 Å². The molecule has 0 aliphatic carbocycles. The van der Waals surface area contributed by atoms with Gasteiger partial charge in [-0.05, 0) is 19.4 Å². The van der Waals surface area contributed by atoms with Gasteiger partial charge in [0.1, 0.15) is 0 Å². The molecule has 0 aliphatic heterocycles. The van der Waals surface area contributed by atoms with Gasteiger partial charge in [-0.3, -0.25) is 4.39 Å². The molecule has 0 spiro atoms. The molecular formula is C6H11FN2. The van der Waals surface area contributed by atoms with Crippen molar-refractivity contribution in [3.63, 3.8) is 0 Å². The Bertz CT molecular complexity index is 87.5. The quantitative estimate of drug-likeness (QED) is 0.442. The van der Waals surface area contributed by atoms with Gasteiger partial charge < -0.3 is 5.32 Å². The maximum atomic E-state index is 11.4. The van der Waals surface area contributed by atoms with Crippen LogP contribution in [0.4, 0.5) is 4.39 Å². The van der Waals surface area contributed by atoms with Crippen LogP contribution in [0.25, 0.3) is 0 Å². The Morgan fingerprint density at radius 2 is 2.22 bits per heavy atom. The molecule has 0 aliphatic rings. The highest BCUT2D eigenvalue weighted by Gasteiger charge is 1.85. The Morgan fingerprint density at radius 3 is 2.78 bits per heavy atom. The van der Waals surface area contributed by atoms with E-state index in [-0.39, 0.29) is 6.67 Å². The van der Waals surface area contributed by atoms with Gasteiger partial charge >= 0.3 is 0 Å². The van der Waals surface area contributed by atoms with Crippen LogP contribution in [0.3, 0.4) is 0 Å². The second-order valence-electron chi connectivity index (χ2n) is 1.73. The Balaban J connectivity index is 2.69. The summed E-state index contributed by atoms with van der Waals surface area (Å²) in [6.07, 6.45) is 1.41. The highest BCUT2D eigenvalue weighted by Crippen LogP contribution is 1.85. The molecule has 0 heterocycles. The minimum absolute atomic E-state index is 0.256. The van der Waals surface area contributed by atoms with Crippen molar-refractivity contribution in [3.8, 4) is 6.07 Å². The van der Waals surface area contributed by atoms with Crippen molar-refractivity contribution in [2.24, 2.45) is 0 Å². The van der Waals surface area contributed by atoms with Crippen molar-refractivity contribution in [3.05, 3.63) is 0 Å². The fraction of sp³-hybridized carbons (Fsp3) is 0.833. The fourth-order valence-corrected chi connectivity index (χ4v) is 0.489. The van der Waals surface area contributed by atoms with Crippen LogP contribution in [0.1, 0.15) is 12.8 Å². The molecule has 9 heavy (non-hydrogen) atoms. The Labute approximate surface area is 54.7 Å². The number of rotatable bonds is 5. The molecule has 52 valence electrons. The zero-order valence-corrected chi connectivity index (χ0v) is 5.36. The van der Waals surface area contributed by atoms with E-state index in [2.05, 4.69) is 5.32 Å². The zero-order chi connectivity index (χ0) is 6.95. The van der Waals surface area contributed by atoms with Crippen molar-refractivity contribution in [2.45, 2.75) is 12.8 Å². The van der Waals surface area contributed by atoms with Gasteiger partial charge in [-0.2, -0.15) is 5.26 Å². The number of halogens is 1. The van der Waals surface area contributed by atoms with E-state index >= 15 is 0 Å². The number of nitriles is 1. The number of hydrogen-bond donors (Lipinski definition) is 1. The summed E-state index contributed by atoms with van der Waals surface area (Å²) in [6.45, 7) is 0.859. The predicted octanol–water partition coefficient (Wildman–Crippen LogP) is 0.849. The number of nitrogens with one attached hydrogen (secondary N) is 1. The third-order valence-electron chi connectivity index (χ3n) is 0.941. The molecule has 2 nitrogen and oxygen atoms in total. The Hall–Kier alpha value is -0.620. The molecule has 0 aromatic heterocycles. The number of alkyl halides is 1. The third-order valence-corrected chi connectivity index (χ3v) is 0.941. The first-order valence-electron chi connectivity index (χ1n) is 3.05. The molecule has 0 bridgehead atoms. The normalized spacial score (nSPS) is 8.89. The molecular weight excluding hydrogens is 119 g/mol. The monoisotopic (exact) mass is 130 g/mol. The summed E-state index contributed by atoms with van der Waals surface area (Å²) in [5.41, 5.74) is 0. The molecule has 0 saturated carbocycles. The van der Waals surface area contributed by atoms with Crippen molar-refractivity contribution >= 4 is 0 Å². The van der Waals surface area contributed by atoms with Crippen LogP contribution < -0.4 is 5.32 Å². The fourth-order valence-electron chi connectivity index (χ4n) is 0.489. The first kappa shape index (κ1) is 8.38. The molecule has 0 aromatic carbocycles. The first-order chi connectivity index (χ1) is 4.41. The lowest BCUT2D eigenvalue weighted by atomic mass is 10.3. The second-order valence-corrected chi connectivity index (χ2v) is 1.73. The molecule has 1 N–H and O–H groups in total. The molecule has 0 rings (SSSR count). The summed E-state index contributed by atoms with van der Waals surface area (Å²) in [4.78, 5) is 0. The lowest BCUT2D eigenvalue weighted by Crippen LogP contribution is -2.14. The van der Waals surface area contributed by atoms with E-state index in [1.54, 1.807) is 0 Å². The minimum Gasteiger partial charge on any atom is -0.304 e. The van der Waals surface area contributed by atoms with Gasteiger partial charge in [0.2, 0.25) is 0 Å². The zero-order valence-electron chi connectivity index (χ0n) is 5.36. The topological polar surface area (TPSA) is 35.8 Å². The summed E-state index contributed by atoms with van der Waals surface area (Å²) in [7, 11) is 0. The van der Waals surface area contributed by atoms with Crippen LogP contribution in [0, 0.1) is 11.3 Å². The molecule has 0 fully saturated rings. The van der Waals surface area contributed by atoms with E-state index in [9.17, 15) is 4.39 Å². The van der Waals surface area contributed by atoms with Gasteiger partial charge in [-0.15, -0.1) is 0 Å². The van der Waals surface area contributed by atoms with Crippen LogP contribution in [0.2, 0.25) is 0 Å². The molecule has 0 saturated heterocycles. The smallest absolute Gasteiger partial charge is 0.0894 e. The number of hydrogen-bond acceptors (Lipinski definition) is 2. The first-order valence-corrected chi connectivity index (χ1v) is 3.05. The van der Waals surface area contributed by atoms with Gasteiger partial charge in [-0.25, -0.2) is 0 Å². The van der Waals surface area contributed by atoms with E-state index in [1.165, 1.54) is 0 Å². The van der Waals surface area contributed by atoms with Crippen LogP contribution in [-0.4, -0.2) is 19.8 Å². The molecule has 0 unspecified atom stereocenters. The van der Waals surface area contributed by atoms with E-state index < -0.39 is 0 Å². The highest BCUT2D eigenvalue weighted by atomic mass is 19.1. The summed E-state index contributed by atoms with van der Waals surface area (Å²) in [5.74, 6) is 0. The minimum atomic E-state index is -0.256. The van der Waals surface area contributed by atoms with Crippen LogP contribution in [0.15, 0.2) is 0 Å². The largest absolute Gasteiger partial charge is 0.304 e. The number of nitrogens with zero attached hydrogens (tertiary/aromatic N) is 1.